The average Bonchev–Trinajstić information content (AvgIpc) is 2.70. The van der Waals surface area contributed by atoms with Gasteiger partial charge < -0.3 is 20.7 Å². The van der Waals surface area contributed by atoms with Crippen molar-refractivity contribution in [2.24, 2.45) is 4.40 Å². The zero-order valence-corrected chi connectivity index (χ0v) is 15.7. The third kappa shape index (κ3) is 4.29. The third-order valence-corrected chi connectivity index (χ3v) is 5.33. The number of methoxy groups -OCH3 is 1. The number of rotatable bonds is 5. The van der Waals surface area contributed by atoms with Crippen molar-refractivity contribution in [3.63, 3.8) is 0 Å². The summed E-state index contributed by atoms with van der Waals surface area (Å²) in [5.41, 5.74) is 1.01. The Bertz CT molecular complexity index is 1020. The molecule has 0 saturated heterocycles. The van der Waals surface area contributed by atoms with Gasteiger partial charge in [0.1, 0.15) is 4.90 Å². The van der Waals surface area contributed by atoms with Gasteiger partial charge in [-0.1, -0.05) is 42.5 Å². The molecule has 1 atom stereocenters. The second-order valence-corrected chi connectivity index (χ2v) is 7.42. The van der Waals surface area contributed by atoms with Crippen molar-refractivity contribution in [3.8, 4) is 0 Å². The molecule has 3 rings (SSSR count). The Labute approximate surface area is 161 Å². The molecule has 2 aromatic carbocycles. The van der Waals surface area contributed by atoms with Crippen molar-refractivity contribution in [2.45, 2.75) is 10.9 Å². The van der Waals surface area contributed by atoms with Crippen LogP contribution in [0.25, 0.3) is 0 Å². The minimum absolute atomic E-state index is 0.000338. The summed E-state index contributed by atoms with van der Waals surface area (Å²) in [4.78, 5) is 24.1. The molecular weight excluding hydrogens is 384 g/mol. The van der Waals surface area contributed by atoms with Gasteiger partial charge in [-0.2, -0.15) is 8.42 Å². The molecule has 1 aliphatic rings. The number of amides is 2. The second kappa shape index (κ2) is 8.09. The predicted octanol–water partition coefficient (Wildman–Crippen LogP) is 1.41. The Kier molecular flexibility index (Phi) is 5.59. The fourth-order valence-electron chi connectivity index (χ4n) is 2.63. The maximum absolute atomic E-state index is 12.5. The quantitative estimate of drug-likeness (QED) is 0.694. The lowest BCUT2D eigenvalue weighted by Gasteiger charge is -2.21. The number of ether oxygens (including phenoxy) is 1. The number of benzene rings is 2. The van der Waals surface area contributed by atoms with Crippen LogP contribution in [0.4, 0.5) is 10.5 Å². The Balaban J connectivity index is 1.75. The molecule has 0 radical (unpaired) electrons. The van der Waals surface area contributed by atoms with E-state index in [4.69, 9.17) is 0 Å². The van der Waals surface area contributed by atoms with E-state index < -0.39 is 28.1 Å². The molecule has 0 aliphatic carbocycles. The smallest absolute Gasteiger partial charge is 0.407 e. The van der Waals surface area contributed by atoms with Gasteiger partial charge in [-0.3, -0.25) is 4.79 Å². The molecule has 0 aromatic heterocycles. The number of nitrogens with zero attached hydrogens (tertiary/aromatic N) is 1. The van der Waals surface area contributed by atoms with Crippen molar-refractivity contribution < 1.29 is 22.7 Å². The van der Waals surface area contributed by atoms with E-state index in [9.17, 15) is 18.0 Å². The number of alkyl carbamates (subject to hydrolysis) is 1. The van der Waals surface area contributed by atoms with Crippen molar-refractivity contribution >= 4 is 33.5 Å². The van der Waals surface area contributed by atoms with Gasteiger partial charge in [0.25, 0.3) is 15.9 Å². The summed E-state index contributed by atoms with van der Waals surface area (Å²) in [5, 5.41) is 7.92. The van der Waals surface area contributed by atoms with E-state index in [1.165, 1.54) is 13.2 Å². The van der Waals surface area contributed by atoms with Gasteiger partial charge in [0.05, 0.1) is 18.8 Å². The number of carbonyl (C=O) groups excluding carboxylic acids is 2. The lowest BCUT2D eigenvalue weighted by molar-refractivity contribution is -0.114. The lowest BCUT2D eigenvalue weighted by atomic mass is 10.1. The maximum Gasteiger partial charge on any atom is 0.407 e. The van der Waals surface area contributed by atoms with Crippen LogP contribution in [-0.2, 0) is 19.6 Å². The Morgan fingerprint density at radius 3 is 2.50 bits per heavy atom. The largest absolute Gasteiger partial charge is 0.453 e. The van der Waals surface area contributed by atoms with E-state index in [0.717, 1.165) is 5.56 Å². The van der Waals surface area contributed by atoms with Gasteiger partial charge >= 0.3 is 6.09 Å². The van der Waals surface area contributed by atoms with Crippen LogP contribution in [-0.4, -0.2) is 39.9 Å². The molecule has 9 nitrogen and oxygen atoms in total. The first kappa shape index (κ1) is 19.4. The van der Waals surface area contributed by atoms with Crippen molar-refractivity contribution in [3.05, 3.63) is 60.2 Å². The number of hydrogen-bond acceptors (Lipinski definition) is 6. The van der Waals surface area contributed by atoms with Crippen LogP contribution in [0.5, 0.6) is 0 Å². The zero-order valence-electron chi connectivity index (χ0n) is 14.9. The molecule has 10 heteroatoms. The van der Waals surface area contributed by atoms with Crippen LogP contribution in [0.3, 0.4) is 0 Å². The minimum Gasteiger partial charge on any atom is -0.453 e. The highest BCUT2D eigenvalue weighted by molar-refractivity contribution is 7.90. The topological polar surface area (TPSA) is 126 Å². The monoisotopic (exact) mass is 402 g/mol. The molecule has 0 saturated carbocycles. The first-order chi connectivity index (χ1) is 13.4. The number of sulfonamides is 1. The Hall–Kier alpha value is -3.40. The van der Waals surface area contributed by atoms with E-state index in [0.29, 0.717) is 0 Å². The number of carbonyl (C=O) groups is 2. The molecule has 3 N–H and O–H groups in total. The zero-order chi connectivity index (χ0) is 20.1. The SMILES string of the molecule is COC(=O)NC(CNC(=O)C1=NS(=O)(=O)c2ccccc2N1)c1ccccc1. The standard InChI is InChI=1S/C18H18N4O5S/c1-27-18(24)21-14(12-7-3-2-4-8-12)11-19-17(23)16-20-13-9-5-6-10-15(13)28(25,26)22-16/h2-10,14H,11H2,1H3,(H,19,23)(H,20,22)(H,21,24). The summed E-state index contributed by atoms with van der Waals surface area (Å²) >= 11 is 0. The summed E-state index contributed by atoms with van der Waals surface area (Å²) in [6, 6.07) is 14.6. The third-order valence-electron chi connectivity index (χ3n) is 3.99. The fraction of sp³-hybridized carbons (Fsp3) is 0.167. The lowest BCUT2D eigenvalue weighted by Crippen LogP contribution is -2.43. The van der Waals surface area contributed by atoms with Crippen molar-refractivity contribution in [1.82, 2.24) is 10.6 Å². The summed E-state index contributed by atoms with van der Waals surface area (Å²) in [6.45, 7) is 0.000338. The van der Waals surface area contributed by atoms with Gasteiger partial charge in [0.2, 0.25) is 5.84 Å². The van der Waals surface area contributed by atoms with Crippen molar-refractivity contribution in [2.75, 3.05) is 19.0 Å². The number of amidine groups is 1. The van der Waals surface area contributed by atoms with E-state index in [1.807, 2.05) is 6.07 Å². The van der Waals surface area contributed by atoms with Crippen LogP contribution in [0, 0.1) is 0 Å². The molecule has 2 aromatic rings. The molecule has 1 unspecified atom stereocenters. The first-order valence-corrected chi connectivity index (χ1v) is 9.73. The molecule has 1 aliphatic heterocycles. The van der Waals surface area contributed by atoms with E-state index in [1.54, 1.807) is 42.5 Å². The summed E-state index contributed by atoms with van der Waals surface area (Å²) in [7, 11) is -2.74. The number of para-hydroxylation sites is 1. The normalized spacial score (nSPS) is 15.2. The van der Waals surface area contributed by atoms with E-state index in [-0.39, 0.29) is 23.0 Å². The molecule has 2 amide bonds. The van der Waals surface area contributed by atoms with Gasteiger partial charge in [-0.05, 0) is 17.7 Å². The summed E-state index contributed by atoms with van der Waals surface area (Å²) in [5.74, 6) is -1.06. The van der Waals surface area contributed by atoms with E-state index in [2.05, 4.69) is 25.1 Å². The van der Waals surface area contributed by atoms with Gasteiger partial charge in [0, 0.05) is 6.54 Å². The van der Waals surface area contributed by atoms with Gasteiger partial charge in [-0.25, -0.2) is 4.79 Å². The number of fused-ring (bicyclic) bond motifs is 1. The van der Waals surface area contributed by atoms with E-state index >= 15 is 0 Å². The van der Waals surface area contributed by atoms with Crippen LogP contribution < -0.4 is 16.0 Å². The molecule has 0 fully saturated rings. The number of hydrogen-bond donors (Lipinski definition) is 3. The van der Waals surface area contributed by atoms with Crippen LogP contribution >= 0.6 is 0 Å². The molecule has 28 heavy (non-hydrogen) atoms. The highest BCUT2D eigenvalue weighted by Gasteiger charge is 2.28. The Morgan fingerprint density at radius 1 is 1.11 bits per heavy atom. The Morgan fingerprint density at radius 2 is 1.79 bits per heavy atom. The minimum atomic E-state index is -3.98. The molecule has 0 spiro atoms. The molecule has 1 heterocycles. The molecular formula is C18H18N4O5S. The predicted molar refractivity (Wildman–Crippen MR) is 102 cm³/mol. The first-order valence-electron chi connectivity index (χ1n) is 8.29. The van der Waals surface area contributed by atoms with Crippen LogP contribution in [0.15, 0.2) is 63.9 Å². The highest BCUT2D eigenvalue weighted by Crippen LogP contribution is 2.26. The van der Waals surface area contributed by atoms with Crippen LogP contribution in [0.1, 0.15) is 11.6 Å². The summed E-state index contributed by atoms with van der Waals surface area (Å²) in [6.07, 6.45) is -0.660. The highest BCUT2D eigenvalue weighted by atomic mass is 32.2. The average molecular weight is 402 g/mol. The van der Waals surface area contributed by atoms with Gasteiger partial charge in [0.15, 0.2) is 0 Å². The molecule has 0 bridgehead atoms. The molecule has 146 valence electrons. The van der Waals surface area contributed by atoms with Crippen molar-refractivity contribution in [1.29, 1.82) is 0 Å². The second-order valence-electron chi connectivity index (χ2n) is 5.85. The maximum atomic E-state index is 12.5. The van der Waals surface area contributed by atoms with Crippen LogP contribution in [0.2, 0.25) is 0 Å². The number of anilines is 1. The van der Waals surface area contributed by atoms with Gasteiger partial charge in [-0.15, -0.1) is 4.40 Å². The number of nitrogens with one attached hydrogen (secondary N) is 3. The fourth-order valence-corrected chi connectivity index (χ4v) is 3.74. The summed E-state index contributed by atoms with van der Waals surface area (Å²) < 4.78 is 32.7.